The van der Waals surface area contributed by atoms with Crippen LogP contribution in [0.1, 0.15) is 25.7 Å². The van der Waals surface area contributed by atoms with Crippen LogP contribution in [-0.2, 0) is 10.2 Å². The zero-order chi connectivity index (χ0) is 11.4. The van der Waals surface area contributed by atoms with Gasteiger partial charge in [0.15, 0.2) is 0 Å². The van der Waals surface area contributed by atoms with Crippen LogP contribution < -0.4 is 5.32 Å². The highest BCUT2D eigenvalue weighted by atomic mass is 32.2. The van der Waals surface area contributed by atoms with Crippen LogP contribution in [-0.4, -0.2) is 56.3 Å². The van der Waals surface area contributed by atoms with Crippen LogP contribution in [0.5, 0.6) is 0 Å². The van der Waals surface area contributed by atoms with Crippen LogP contribution in [0.4, 0.5) is 0 Å². The first-order valence-electron chi connectivity index (χ1n) is 6.28. The van der Waals surface area contributed by atoms with Crippen molar-refractivity contribution in [3.05, 3.63) is 0 Å². The van der Waals surface area contributed by atoms with Gasteiger partial charge in [-0.1, -0.05) is 12.8 Å². The molecule has 2 saturated heterocycles. The second kappa shape index (κ2) is 5.44. The standard InChI is InChI=1S/C10H21N3O2S/c14-16(15,13-9-5-11-6-10-13)12-7-3-1-2-4-8-12/h11H,1-10H2/p+1. The summed E-state index contributed by atoms with van der Waals surface area (Å²) < 4.78 is 28.0. The Hall–Kier alpha value is -0.170. The summed E-state index contributed by atoms with van der Waals surface area (Å²) in [7, 11) is -3.16. The van der Waals surface area contributed by atoms with Crippen molar-refractivity contribution in [2.24, 2.45) is 0 Å². The molecule has 2 fully saturated rings. The highest BCUT2D eigenvalue weighted by molar-refractivity contribution is 7.86. The molecular weight excluding hydrogens is 226 g/mol. The fourth-order valence-corrected chi connectivity index (χ4v) is 4.11. The molecule has 2 heterocycles. The van der Waals surface area contributed by atoms with Crippen LogP contribution >= 0.6 is 0 Å². The molecule has 0 amide bonds. The van der Waals surface area contributed by atoms with E-state index in [1.54, 1.807) is 8.61 Å². The maximum Gasteiger partial charge on any atom is 0.282 e. The quantitative estimate of drug-likeness (QED) is 0.680. The number of nitrogens with two attached hydrogens (primary N) is 1. The summed E-state index contributed by atoms with van der Waals surface area (Å²) in [5.41, 5.74) is 0. The minimum absolute atomic E-state index is 0.666. The van der Waals surface area contributed by atoms with E-state index < -0.39 is 10.2 Å². The molecule has 16 heavy (non-hydrogen) atoms. The van der Waals surface area contributed by atoms with Gasteiger partial charge in [0, 0.05) is 13.1 Å². The summed E-state index contributed by atoms with van der Waals surface area (Å²) >= 11 is 0. The van der Waals surface area contributed by atoms with Crippen molar-refractivity contribution in [2.75, 3.05) is 39.3 Å². The van der Waals surface area contributed by atoms with Crippen molar-refractivity contribution in [3.8, 4) is 0 Å². The first kappa shape index (κ1) is 12.3. The summed E-state index contributed by atoms with van der Waals surface area (Å²) in [6.07, 6.45) is 4.36. The topological polar surface area (TPSA) is 57.2 Å². The zero-order valence-electron chi connectivity index (χ0n) is 9.77. The number of quaternary nitrogens is 1. The van der Waals surface area contributed by atoms with Gasteiger partial charge in [-0.05, 0) is 12.8 Å². The third-order valence-corrected chi connectivity index (χ3v) is 5.42. The van der Waals surface area contributed by atoms with E-state index in [9.17, 15) is 8.42 Å². The first-order valence-corrected chi connectivity index (χ1v) is 7.68. The molecule has 0 aromatic heterocycles. The van der Waals surface area contributed by atoms with Crippen LogP contribution in [0.2, 0.25) is 0 Å². The summed E-state index contributed by atoms with van der Waals surface area (Å²) in [6.45, 7) is 4.54. The molecule has 94 valence electrons. The normalized spacial score (nSPS) is 26.5. The summed E-state index contributed by atoms with van der Waals surface area (Å²) in [4.78, 5) is 0. The monoisotopic (exact) mass is 248 g/mol. The molecule has 2 aliphatic rings. The van der Waals surface area contributed by atoms with E-state index in [-0.39, 0.29) is 0 Å². The van der Waals surface area contributed by atoms with E-state index in [0.717, 1.165) is 25.9 Å². The maximum absolute atomic E-state index is 12.3. The highest BCUT2D eigenvalue weighted by Gasteiger charge is 2.31. The molecule has 2 aliphatic heterocycles. The molecule has 0 saturated carbocycles. The second-order valence-corrected chi connectivity index (χ2v) is 6.51. The molecular formula is C10H22N3O2S+. The molecule has 0 aromatic carbocycles. The molecule has 6 heteroatoms. The van der Waals surface area contributed by atoms with Crippen molar-refractivity contribution in [2.45, 2.75) is 25.7 Å². The van der Waals surface area contributed by atoms with Crippen LogP contribution in [0.3, 0.4) is 0 Å². The fourth-order valence-electron chi connectivity index (χ4n) is 2.39. The predicted octanol–water partition coefficient (Wildman–Crippen LogP) is -1.01. The van der Waals surface area contributed by atoms with Crippen molar-refractivity contribution >= 4 is 10.2 Å². The summed E-state index contributed by atoms with van der Waals surface area (Å²) in [6, 6.07) is 0. The third-order valence-electron chi connectivity index (χ3n) is 3.38. The molecule has 0 bridgehead atoms. The number of nitrogens with zero attached hydrogens (tertiary/aromatic N) is 2. The van der Waals surface area contributed by atoms with E-state index in [1.165, 1.54) is 12.8 Å². The molecule has 0 unspecified atom stereocenters. The van der Waals surface area contributed by atoms with Crippen molar-refractivity contribution in [3.63, 3.8) is 0 Å². The van der Waals surface area contributed by atoms with E-state index in [1.807, 2.05) is 0 Å². The largest absolute Gasteiger partial charge is 0.344 e. The van der Waals surface area contributed by atoms with Crippen LogP contribution in [0.25, 0.3) is 0 Å². The van der Waals surface area contributed by atoms with Gasteiger partial charge >= 0.3 is 0 Å². The average molecular weight is 248 g/mol. The minimum atomic E-state index is -3.16. The van der Waals surface area contributed by atoms with Gasteiger partial charge in [-0.15, -0.1) is 0 Å². The lowest BCUT2D eigenvalue weighted by atomic mass is 10.2. The lowest BCUT2D eigenvalue weighted by Crippen LogP contribution is -2.90. The number of hydrogen-bond donors (Lipinski definition) is 1. The SMILES string of the molecule is O=S(=O)(N1CCCCCC1)N1CC[NH2+]CC1. The Kier molecular flexibility index (Phi) is 4.18. The van der Waals surface area contributed by atoms with E-state index in [4.69, 9.17) is 0 Å². The Morgan fingerprint density at radius 2 is 1.25 bits per heavy atom. The molecule has 0 radical (unpaired) electrons. The predicted molar refractivity (Wildman–Crippen MR) is 62.2 cm³/mol. The molecule has 2 N–H and O–H groups in total. The van der Waals surface area contributed by atoms with E-state index in [2.05, 4.69) is 5.32 Å². The Morgan fingerprint density at radius 1 is 0.750 bits per heavy atom. The van der Waals surface area contributed by atoms with Crippen molar-refractivity contribution < 1.29 is 13.7 Å². The number of piperazine rings is 1. The van der Waals surface area contributed by atoms with E-state index >= 15 is 0 Å². The molecule has 5 nitrogen and oxygen atoms in total. The lowest BCUT2D eigenvalue weighted by molar-refractivity contribution is -0.661. The van der Waals surface area contributed by atoms with Crippen LogP contribution in [0, 0.1) is 0 Å². The van der Waals surface area contributed by atoms with Gasteiger partial charge in [0.2, 0.25) is 0 Å². The van der Waals surface area contributed by atoms with Gasteiger partial charge in [-0.25, -0.2) is 0 Å². The van der Waals surface area contributed by atoms with Gasteiger partial charge in [0.05, 0.1) is 26.2 Å². The Morgan fingerprint density at radius 3 is 1.81 bits per heavy atom. The minimum Gasteiger partial charge on any atom is -0.344 e. The molecule has 0 spiro atoms. The second-order valence-electron chi connectivity index (χ2n) is 4.59. The molecule has 0 atom stereocenters. The molecule has 2 rings (SSSR count). The van der Waals surface area contributed by atoms with Crippen molar-refractivity contribution in [1.29, 1.82) is 0 Å². The van der Waals surface area contributed by atoms with Crippen molar-refractivity contribution in [1.82, 2.24) is 8.61 Å². The van der Waals surface area contributed by atoms with Gasteiger partial charge in [0.25, 0.3) is 10.2 Å². The first-order chi connectivity index (χ1) is 7.71. The van der Waals surface area contributed by atoms with Gasteiger partial charge in [-0.2, -0.15) is 17.0 Å². The number of rotatable bonds is 2. The lowest BCUT2D eigenvalue weighted by Gasteiger charge is -2.30. The Balaban J connectivity index is 2.03. The summed E-state index contributed by atoms with van der Waals surface area (Å²) in [5, 5.41) is 2.18. The average Bonchev–Trinajstić information content (AvgIpc) is 2.59. The molecule has 0 aliphatic carbocycles. The third kappa shape index (κ3) is 2.74. The maximum atomic E-state index is 12.3. The van der Waals surface area contributed by atoms with Gasteiger partial charge < -0.3 is 5.32 Å². The van der Waals surface area contributed by atoms with Gasteiger partial charge in [0.1, 0.15) is 0 Å². The highest BCUT2D eigenvalue weighted by Crippen LogP contribution is 2.16. The Labute approximate surface area is 98.0 Å². The van der Waals surface area contributed by atoms with Crippen LogP contribution in [0.15, 0.2) is 0 Å². The zero-order valence-corrected chi connectivity index (χ0v) is 10.6. The number of hydrogen-bond acceptors (Lipinski definition) is 2. The Bertz CT molecular complexity index is 304. The summed E-state index contributed by atoms with van der Waals surface area (Å²) in [5.74, 6) is 0. The van der Waals surface area contributed by atoms with Gasteiger partial charge in [-0.3, -0.25) is 0 Å². The smallest absolute Gasteiger partial charge is 0.282 e. The molecule has 0 aromatic rings. The van der Waals surface area contributed by atoms with E-state index in [0.29, 0.717) is 26.2 Å². The fraction of sp³-hybridized carbons (Fsp3) is 1.00.